The molecule has 1 unspecified atom stereocenters. The minimum Gasteiger partial charge on any atom is -0.351 e. The molecule has 1 saturated carbocycles. The van der Waals surface area contributed by atoms with Gasteiger partial charge in [0, 0.05) is 11.7 Å². The summed E-state index contributed by atoms with van der Waals surface area (Å²) >= 11 is 0. The van der Waals surface area contributed by atoms with Crippen LogP contribution in [0.5, 0.6) is 0 Å². The minimum absolute atomic E-state index is 0.0360. The Labute approximate surface area is 154 Å². The van der Waals surface area contributed by atoms with Crippen molar-refractivity contribution in [3.05, 3.63) is 29.3 Å². The van der Waals surface area contributed by atoms with Crippen LogP contribution in [0.3, 0.4) is 0 Å². The maximum Gasteiger partial charge on any atom is 0.240 e. The third-order valence-corrected chi connectivity index (χ3v) is 7.12. The minimum atomic E-state index is -3.07. The smallest absolute Gasteiger partial charge is 0.240 e. The summed E-state index contributed by atoms with van der Waals surface area (Å²) < 4.78 is 23.1. The zero-order valence-corrected chi connectivity index (χ0v) is 16.3. The fourth-order valence-corrected chi connectivity index (χ4v) is 5.16. The molecule has 7 heteroatoms. The molecule has 2 aliphatic rings. The first kappa shape index (κ1) is 18.9. The molecule has 2 amide bonds. The van der Waals surface area contributed by atoms with Crippen LogP contribution in [0.4, 0.5) is 5.69 Å². The summed E-state index contributed by atoms with van der Waals surface area (Å²) in [5, 5.41) is 5.74. The van der Waals surface area contributed by atoms with E-state index in [2.05, 4.69) is 24.5 Å². The summed E-state index contributed by atoms with van der Waals surface area (Å²) in [6.07, 6.45) is 1.40. The highest BCUT2D eigenvalue weighted by molar-refractivity contribution is 7.91. The molecule has 0 spiro atoms. The van der Waals surface area contributed by atoms with Gasteiger partial charge in [-0.15, -0.1) is 0 Å². The highest BCUT2D eigenvalue weighted by atomic mass is 32.2. The SMILES string of the molecule is Cc1cccc(C(C)C)c1NC(=O)C1(C(=O)NC2CCS(=O)(=O)C2)CC1. The monoisotopic (exact) mass is 378 g/mol. The molecule has 1 aromatic carbocycles. The van der Waals surface area contributed by atoms with Gasteiger partial charge in [-0.1, -0.05) is 32.0 Å². The van der Waals surface area contributed by atoms with Crippen LogP contribution in [0.1, 0.15) is 50.2 Å². The highest BCUT2D eigenvalue weighted by Gasteiger charge is 2.57. The number of anilines is 1. The predicted octanol–water partition coefficient (Wildman–Crippen LogP) is 2.14. The molecule has 1 aliphatic carbocycles. The van der Waals surface area contributed by atoms with Gasteiger partial charge in [-0.2, -0.15) is 0 Å². The summed E-state index contributed by atoms with van der Waals surface area (Å²) in [5.74, 6) is -0.342. The Morgan fingerprint density at radius 2 is 1.88 bits per heavy atom. The van der Waals surface area contributed by atoms with Gasteiger partial charge in [0.2, 0.25) is 11.8 Å². The van der Waals surface area contributed by atoms with Crippen LogP contribution in [0.25, 0.3) is 0 Å². The van der Waals surface area contributed by atoms with Crippen molar-refractivity contribution in [3.8, 4) is 0 Å². The third-order valence-electron chi connectivity index (χ3n) is 5.35. The van der Waals surface area contributed by atoms with Crippen LogP contribution in [-0.2, 0) is 19.4 Å². The van der Waals surface area contributed by atoms with Gasteiger partial charge in [0.05, 0.1) is 11.5 Å². The number of rotatable bonds is 5. The molecule has 3 rings (SSSR count). The van der Waals surface area contributed by atoms with Gasteiger partial charge < -0.3 is 10.6 Å². The second-order valence-corrected chi connectivity index (χ2v) is 10.0. The Morgan fingerprint density at radius 1 is 1.19 bits per heavy atom. The molecule has 2 fully saturated rings. The zero-order valence-electron chi connectivity index (χ0n) is 15.5. The van der Waals surface area contributed by atoms with Gasteiger partial charge in [-0.3, -0.25) is 9.59 Å². The first-order chi connectivity index (χ1) is 12.1. The first-order valence-corrected chi connectivity index (χ1v) is 10.9. The molecule has 1 aromatic rings. The molecule has 0 radical (unpaired) electrons. The van der Waals surface area contributed by atoms with Crippen molar-refractivity contribution in [3.63, 3.8) is 0 Å². The Bertz CT molecular complexity index is 841. The number of benzene rings is 1. The standard InChI is InChI=1S/C19H26N2O4S/c1-12(2)15-6-4-5-13(3)16(15)21-18(23)19(8-9-19)17(22)20-14-7-10-26(24,25)11-14/h4-6,12,14H,7-11H2,1-3H3,(H,20,22)(H,21,23). The van der Waals surface area contributed by atoms with E-state index in [4.69, 9.17) is 0 Å². The fraction of sp³-hybridized carbons (Fsp3) is 0.579. The third kappa shape index (κ3) is 3.63. The lowest BCUT2D eigenvalue weighted by Crippen LogP contribution is -2.45. The van der Waals surface area contributed by atoms with E-state index in [0.29, 0.717) is 19.3 Å². The number of aryl methyl sites for hydroxylation is 1. The summed E-state index contributed by atoms with van der Waals surface area (Å²) in [5.41, 5.74) is 1.71. The van der Waals surface area contributed by atoms with Crippen molar-refractivity contribution in [2.45, 2.75) is 52.0 Å². The van der Waals surface area contributed by atoms with Crippen LogP contribution < -0.4 is 10.6 Å². The van der Waals surface area contributed by atoms with E-state index in [0.717, 1.165) is 16.8 Å². The molecule has 26 heavy (non-hydrogen) atoms. The van der Waals surface area contributed by atoms with Crippen molar-refractivity contribution in [2.24, 2.45) is 5.41 Å². The van der Waals surface area contributed by atoms with E-state index in [1.165, 1.54) is 0 Å². The van der Waals surface area contributed by atoms with Crippen LogP contribution >= 0.6 is 0 Å². The number of carbonyl (C=O) groups excluding carboxylic acids is 2. The van der Waals surface area contributed by atoms with Gasteiger partial charge in [0.15, 0.2) is 9.84 Å². The Kier molecular flexibility index (Phi) is 4.86. The Morgan fingerprint density at radius 3 is 2.42 bits per heavy atom. The molecule has 1 heterocycles. The molecule has 0 aromatic heterocycles. The fourth-order valence-electron chi connectivity index (χ4n) is 3.49. The molecule has 1 aliphatic heterocycles. The summed E-state index contributed by atoms with van der Waals surface area (Å²) in [6, 6.07) is 5.49. The summed E-state index contributed by atoms with van der Waals surface area (Å²) in [6.45, 7) is 6.06. The summed E-state index contributed by atoms with van der Waals surface area (Å²) in [7, 11) is -3.07. The van der Waals surface area contributed by atoms with Crippen LogP contribution in [-0.4, -0.2) is 37.8 Å². The van der Waals surface area contributed by atoms with Gasteiger partial charge >= 0.3 is 0 Å². The zero-order chi connectivity index (χ0) is 19.1. The molecule has 2 N–H and O–H groups in total. The number of hydrogen-bond donors (Lipinski definition) is 2. The molecule has 6 nitrogen and oxygen atoms in total. The van der Waals surface area contributed by atoms with Gasteiger partial charge in [-0.25, -0.2) is 8.42 Å². The lowest BCUT2D eigenvalue weighted by molar-refractivity contribution is -0.134. The number of amides is 2. The Balaban J connectivity index is 1.73. The topological polar surface area (TPSA) is 92.3 Å². The number of para-hydroxylation sites is 1. The van der Waals surface area contributed by atoms with Gasteiger partial charge in [0.25, 0.3) is 0 Å². The molecular weight excluding hydrogens is 352 g/mol. The molecular formula is C19H26N2O4S. The average molecular weight is 378 g/mol. The number of nitrogens with one attached hydrogen (secondary N) is 2. The first-order valence-electron chi connectivity index (χ1n) is 9.07. The largest absolute Gasteiger partial charge is 0.351 e. The van der Waals surface area contributed by atoms with Crippen LogP contribution in [0.15, 0.2) is 18.2 Å². The average Bonchev–Trinajstić information content (AvgIpc) is 3.29. The van der Waals surface area contributed by atoms with Crippen LogP contribution in [0, 0.1) is 12.3 Å². The lowest BCUT2D eigenvalue weighted by atomic mass is 9.97. The van der Waals surface area contributed by atoms with Crippen molar-refractivity contribution in [1.29, 1.82) is 0 Å². The normalized spacial score (nSPS) is 22.8. The van der Waals surface area contributed by atoms with E-state index < -0.39 is 15.3 Å². The van der Waals surface area contributed by atoms with Crippen molar-refractivity contribution < 1.29 is 18.0 Å². The lowest BCUT2D eigenvalue weighted by Gasteiger charge is -2.21. The molecule has 0 bridgehead atoms. The maximum absolute atomic E-state index is 12.9. The van der Waals surface area contributed by atoms with E-state index in [9.17, 15) is 18.0 Å². The second kappa shape index (κ2) is 6.68. The van der Waals surface area contributed by atoms with Gasteiger partial charge in [0.1, 0.15) is 5.41 Å². The molecule has 1 atom stereocenters. The van der Waals surface area contributed by atoms with Crippen molar-refractivity contribution >= 4 is 27.3 Å². The number of hydrogen-bond acceptors (Lipinski definition) is 4. The number of sulfone groups is 1. The van der Waals surface area contributed by atoms with E-state index >= 15 is 0 Å². The van der Waals surface area contributed by atoms with Crippen LogP contribution in [0.2, 0.25) is 0 Å². The Hall–Kier alpha value is -1.89. The predicted molar refractivity (Wildman–Crippen MR) is 101 cm³/mol. The van der Waals surface area contributed by atoms with Gasteiger partial charge in [-0.05, 0) is 43.2 Å². The molecule has 142 valence electrons. The van der Waals surface area contributed by atoms with E-state index in [1.54, 1.807) is 0 Å². The number of carbonyl (C=O) groups is 2. The van der Waals surface area contributed by atoms with E-state index in [-0.39, 0.29) is 35.3 Å². The van der Waals surface area contributed by atoms with Crippen molar-refractivity contribution in [1.82, 2.24) is 5.32 Å². The molecule has 1 saturated heterocycles. The van der Waals surface area contributed by atoms with E-state index in [1.807, 2.05) is 25.1 Å². The summed E-state index contributed by atoms with van der Waals surface area (Å²) in [4.78, 5) is 25.5. The highest BCUT2D eigenvalue weighted by Crippen LogP contribution is 2.47. The quantitative estimate of drug-likeness (QED) is 0.768. The van der Waals surface area contributed by atoms with Crippen molar-refractivity contribution in [2.75, 3.05) is 16.8 Å². The maximum atomic E-state index is 12.9. The second-order valence-electron chi connectivity index (χ2n) is 7.80.